The van der Waals surface area contributed by atoms with Crippen molar-refractivity contribution >= 4 is 0 Å². The third kappa shape index (κ3) is 2.72. The summed E-state index contributed by atoms with van der Waals surface area (Å²) in [6.07, 6.45) is 1.59. The second-order valence-electron chi connectivity index (χ2n) is 5.71. The molecule has 2 N–H and O–H groups in total. The first kappa shape index (κ1) is 15.1. The van der Waals surface area contributed by atoms with E-state index >= 15 is 0 Å². The molecule has 1 aromatic rings. The van der Waals surface area contributed by atoms with E-state index in [4.69, 9.17) is 15.0 Å². The molecule has 0 saturated carbocycles. The Morgan fingerprint density at radius 1 is 1.28 bits per heavy atom. The monoisotopic (exact) mass is 255 g/mol. The van der Waals surface area contributed by atoms with Gasteiger partial charge in [-0.05, 0) is 18.3 Å². The van der Waals surface area contributed by atoms with E-state index in [0.717, 1.165) is 12.8 Å². The van der Waals surface area contributed by atoms with Gasteiger partial charge in [-0.15, -0.1) is 0 Å². The van der Waals surface area contributed by atoms with Crippen molar-refractivity contribution in [2.24, 2.45) is 11.1 Å². The predicted octanol–water partition coefficient (Wildman–Crippen LogP) is 2.78. The van der Waals surface area contributed by atoms with Crippen LogP contribution in [-0.4, -0.2) is 17.3 Å². The zero-order chi connectivity index (χ0) is 14.0. The van der Waals surface area contributed by atoms with Crippen LogP contribution in [0.25, 0.3) is 0 Å². The van der Waals surface area contributed by atoms with E-state index < -0.39 is 5.60 Å². The van der Waals surface area contributed by atoms with Crippen molar-refractivity contribution in [3.05, 3.63) is 11.7 Å². The first-order valence-corrected chi connectivity index (χ1v) is 6.45. The van der Waals surface area contributed by atoms with E-state index in [-0.39, 0.29) is 11.5 Å². The molecule has 0 aliphatic carbocycles. The van der Waals surface area contributed by atoms with Gasteiger partial charge in [0.25, 0.3) is 0 Å². The summed E-state index contributed by atoms with van der Waals surface area (Å²) in [4.78, 5) is 4.43. The number of hydrogen-bond acceptors (Lipinski definition) is 5. The van der Waals surface area contributed by atoms with Gasteiger partial charge in [0.2, 0.25) is 11.7 Å². The molecule has 0 amide bonds. The molecule has 0 saturated heterocycles. The average molecular weight is 255 g/mol. The maximum atomic E-state index is 6.12. The quantitative estimate of drug-likeness (QED) is 0.875. The van der Waals surface area contributed by atoms with Crippen molar-refractivity contribution in [1.29, 1.82) is 0 Å². The molecule has 0 spiro atoms. The highest BCUT2D eigenvalue weighted by Gasteiger charge is 2.36. The molecule has 0 fully saturated rings. The Morgan fingerprint density at radius 2 is 1.83 bits per heavy atom. The lowest BCUT2D eigenvalue weighted by atomic mass is 9.87. The van der Waals surface area contributed by atoms with Crippen LogP contribution in [0.3, 0.4) is 0 Å². The SMILES string of the molecule is CCC(CC)(OC)c1noc([C@@H](N)C(C)(C)C)n1. The molecular weight excluding hydrogens is 230 g/mol. The van der Waals surface area contributed by atoms with E-state index in [1.807, 2.05) is 34.6 Å². The van der Waals surface area contributed by atoms with Gasteiger partial charge >= 0.3 is 0 Å². The molecule has 1 rings (SSSR count). The molecule has 1 aromatic heterocycles. The van der Waals surface area contributed by atoms with Crippen LogP contribution in [0.1, 0.15) is 65.2 Å². The normalized spacial score (nSPS) is 14.8. The van der Waals surface area contributed by atoms with Gasteiger partial charge in [-0.2, -0.15) is 4.98 Å². The van der Waals surface area contributed by atoms with E-state index in [1.54, 1.807) is 7.11 Å². The summed E-state index contributed by atoms with van der Waals surface area (Å²) in [5.74, 6) is 1.06. The highest BCUT2D eigenvalue weighted by Crippen LogP contribution is 2.33. The molecule has 5 nitrogen and oxygen atoms in total. The molecule has 0 aromatic carbocycles. The van der Waals surface area contributed by atoms with Crippen LogP contribution in [0.2, 0.25) is 0 Å². The molecule has 0 radical (unpaired) electrons. The fourth-order valence-corrected chi connectivity index (χ4v) is 1.86. The molecular formula is C13H25N3O2. The summed E-state index contributed by atoms with van der Waals surface area (Å²) in [5, 5.41) is 4.04. The smallest absolute Gasteiger partial charge is 0.244 e. The maximum Gasteiger partial charge on any atom is 0.244 e. The van der Waals surface area contributed by atoms with Crippen LogP contribution in [0.4, 0.5) is 0 Å². The number of nitrogens with two attached hydrogens (primary N) is 1. The van der Waals surface area contributed by atoms with E-state index in [0.29, 0.717) is 11.7 Å². The largest absolute Gasteiger partial charge is 0.370 e. The molecule has 0 bridgehead atoms. The van der Waals surface area contributed by atoms with Crippen molar-refractivity contribution in [1.82, 2.24) is 10.1 Å². The van der Waals surface area contributed by atoms with Crippen molar-refractivity contribution < 1.29 is 9.26 Å². The summed E-state index contributed by atoms with van der Waals surface area (Å²) >= 11 is 0. The topological polar surface area (TPSA) is 74.2 Å². The summed E-state index contributed by atoms with van der Waals surface area (Å²) in [6, 6.07) is -0.276. The van der Waals surface area contributed by atoms with E-state index in [1.165, 1.54) is 0 Å². The summed E-state index contributed by atoms with van der Waals surface area (Å²) in [7, 11) is 1.67. The van der Waals surface area contributed by atoms with Crippen LogP contribution in [-0.2, 0) is 10.3 Å². The van der Waals surface area contributed by atoms with Gasteiger partial charge in [-0.1, -0.05) is 39.8 Å². The Balaban J connectivity index is 3.06. The summed E-state index contributed by atoms with van der Waals surface area (Å²) in [6.45, 7) is 10.2. The molecule has 0 aliphatic heterocycles. The molecule has 5 heteroatoms. The number of hydrogen-bond donors (Lipinski definition) is 1. The molecule has 1 atom stereocenters. The van der Waals surface area contributed by atoms with Gasteiger partial charge in [0.15, 0.2) is 0 Å². The summed E-state index contributed by atoms with van der Waals surface area (Å²) in [5.41, 5.74) is 5.53. The number of nitrogens with zero attached hydrogens (tertiary/aromatic N) is 2. The van der Waals surface area contributed by atoms with Crippen LogP contribution < -0.4 is 5.73 Å². The van der Waals surface area contributed by atoms with E-state index in [2.05, 4.69) is 10.1 Å². The molecule has 18 heavy (non-hydrogen) atoms. The van der Waals surface area contributed by atoms with Gasteiger partial charge in [0.05, 0.1) is 6.04 Å². The molecule has 104 valence electrons. The highest BCUT2D eigenvalue weighted by atomic mass is 16.5. The Labute approximate surface area is 109 Å². The Hall–Kier alpha value is -0.940. The highest BCUT2D eigenvalue weighted by molar-refractivity contribution is 5.04. The third-order valence-corrected chi connectivity index (χ3v) is 3.58. The third-order valence-electron chi connectivity index (χ3n) is 3.58. The zero-order valence-electron chi connectivity index (χ0n) is 12.3. The lowest BCUT2D eigenvalue weighted by molar-refractivity contribution is -0.0306. The second-order valence-corrected chi connectivity index (χ2v) is 5.71. The zero-order valence-corrected chi connectivity index (χ0v) is 12.3. The maximum absolute atomic E-state index is 6.12. The first-order chi connectivity index (χ1) is 8.30. The van der Waals surface area contributed by atoms with Crippen LogP contribution in [0, 0.1) is 5.41 Å². The fraction of sp³-hybridized carbons (Fsp3) is 0.846. The summed E-state index contributed by atoms with van der Waals surface area (Å²) < 4.78 is 10.9. The number of aromatic nitrogens is 2. The molecule has 1 heterocycles. The first-order valence-electron chi connectivity index (χ1n) is 6.45. The van der Waals surface area contributed by atoms with Gasteiger partial charge in [0.1, 0.15) is 5.60 Å². The molecule has 0 aliphatic rings. The van der Waals surface area contributed by atoms with Crippen LogP contribution in [0.5, 0.6) is 0 Å². The minimum absolute atomic E-state index is 0.113. The van der Waals surface area contributed by atoms with Crippen LogP contribution in [0.15, 0.2) is 4.52 Å². The minimum atomic E-state index is -0.473. The Bertz CT molecular complexity index is 370. The van der Waals surface area contributed by atoms with Gasteiger partial charge < -0.3 is 15.0 Å². The Morgan fingerprint density at radius 3 is 2.22 bits per heavy atom. The lowest BCUT2D eigenvalue weighted by Crippen LogP contribution is -2.29. The van der Waals surface area contributed by atoms with Crippen molar-refractivity contribution in [3.63, 3.8) is 0 Å². The number of rotatable bonds is 5. The van der Waals surface area contributed by atoms with Gasteiger partial charge in [0, 0.05) is 7.11 Å². The van der Waals surface area contributed by atoms with Gasteiger partial charge in [-0.25, -0.2) is 0 Å². The minimum Gasteiger partial charge on any atom is -0.370 e. The Kier molecular flexibility index (Phi) is 4.50. The van der Waals surface area contributed by atoms with Crippen molar-refractivity contribution in [3.8, 4) is 0 Å². The number of ether oxygens (including phenoxy) is 1. The van der Waals surface area contributed by atoms with Crippen molar-refractivity contribution in [2.45, 2.75) is 59.1 Å². The van der Waals surface area contributed by atoms with Crippen molar-refractivity contribution in [2.75, 3.05) is 7.11 Å². The second kappa shape index (κ2) is 5.36. The predicted molar refractivity (Wildman–Crippen MR) is 70.0 cm³/mol. The average Bonchev–Trinajstić information content (AvgIpc) is 2.80. The lowest BCUT2D eigenvalue weighted by Gasteiger charge is -2.26. The van der Waals surface area contributed by atoms with Crippen LogP contribution >= 0.6 is 0 Å². The fourth-order valence-electron chi connectivity index (χ4n) is 1.86. The number of methoxy groups -OCH3 is 1. The standard InChI is InChI=1S/C13H25N3O2/c1-7-13(8-2,17-6)11-15-10(18-16-11)9(14)12(3,4)5/h9H,7-8,14H2,1-6H3/t9-/m1/s1. The molecule has 0 unspecified atom stereocenters. The van der Waals surface area contributed by atoms with Gasteiger partial charge in [-0.3, -0.25) is 0 Å². The van der Waals surface area contributed by atoms with E-state index in [9.17, 15) is 0 Å².